The quantitative estimate of drug-likeness (QED) is 0.652. The van der Waals surface area contributed by atoms with Crippen LogP contribution < -0.4 is 10.7 Å². The van der Waals surface area contributed by atoms with Crippen LogP contribution in [0.25, 0.3) is 10.9 Å². The third-order valence-electron chi connectivity index (χ3n) is 6.90. The van der Waals surface area contributed by atoms with Crippen molar-refractivity contribution in [2.24, 2.45) is 13.0 Å². The van der Waals surface area contributed by atoms with E-state index in [0.29, 0.717) is 31.1 Å². The summed E-state index contributed by atoms with van der Waals surface area (Å²) >= 11 is 0. The van der Waals surface area contributed by atoms with E-state index >= 15 is 0 Å². The van der Waals surface area contributed by atoms with Gasteiger partial charge >= 0.3 is 0 Å². The molecule has 1 fully saturated rings. The minimum absolute atomic E-state index is 0.0315. The number of aryl methyl sites for hydroxylation is 1. The average molecular weight is 472 g/mol. The van der Waals surface area contributed by atoms with Crippen molar-refractivity contribution in [3.63, 3.8) is 0 Å². The molecule has 0 unspecified atom stereocenters. The summed E-state index contributed by atoms with van der Waals surface area (Å²) in [6.45, 7) is 3.58. The Kier molecular flexibility index (Phi) is 7.05. The van der Waals surface area contributed by atoms with Crippen LogP contribution in [0, 0.1) is 5.92 Å². The average Bonchev–Trinajstić information content (AvgIpc) is 2.82. The zero-order chi connectivity index (χ0) is 23.6. The molecule has 1 aliphatic heterocycles. The molecular weight excluding hydrogens is 438 g/mol. The van der Waals surface area contributed by atoms with E-state index in [1.807, 2.05) is 0 Å². The molecule has 33 heavy (non-hydrogen) atoms. The minimum Gasteiger partial charge on any atom is -0.352 e. The van der Waals surface area contributed by atoms with Gasteiger partial charge in [-0.15, -0.1) is 0 Å². The molecule has 8 heteroatoms. The topological polar surface area (TPSA) is 88.5 Å². The van der Waals surface area contributed by atoms with Gasteiger partial charge in [0, 0.05) is 38.3 Å². The Labute approximate surface area is 195 Å². The molecule has 0 radical (unpaired) electrons. The molecule has 1 aromatic carbocycles. The second-order valence-electron chi connectivity index (χ2n) is 9.36. The van der Waals surface area contributed by atoms with Gasteiger partial charge in [0.05, 0.1) is 10.4 Å². The summed E-state index contributed by atoms with van der Waals surface area (Å²) in [5, 5.41) is 3.10. The van der Waals surface area contributed by atoms with Gasteiger partial charge in [-0.1, -0.05) is 18.6 Å². The second kappa shape index (κ2) is 9.81. The fraction of sp³-hybridized carbons (Fsp3) is 0.520. The number of carbonyl (C=O) groups is 1. The molecule has 2 heterocycles. The van der Waals surface area contributed by atoms with Crippen molar-refractivity contribution in [2.45, 2.75) is 56.8 Å². The molecule has 0 spiro atoms. The van der Waals surface area contributed by atoms with Gasteiger partial charge in [-0.05, 0) is 69.1 Å². The zero-order valence-electron chi connectivity index (χ0n) is 19.5. The van der Waals surface area contributed by atoms with Crippen LogP contribution in [0.15, 0.2) is 45.7 Å². The number of aromatic nitrogens is 1. The number of allylic oxidation sites excluding steroid dienone is 1. The van der Waals surface area contributed by atoms with Crippen LogP contribution in [0.2, 0.25) is 0 Å². The number of amides is 1. The molecule has 1 saturated heterocycles. The van der Waals surface area contributed by atoms with Crippen molar-refractivity contribution in [3.8, 4) is 0 Å². The van der Waals surface area contributed by atoms with Gasteiger partial charge in [-0.3, -0.25) is 9.59 Å². The first kappa shape index (κ1) is 23.7. The first-order valence-electron chi connectivity index (χ1n) is 11.9. The molecule has 4 rings (SSSR count). The maximum atomic E-state index is 13.2. The summed E-state index contributed by atoms with van der Waals surface area (Å²) in [6.07, 6.45) is 10.8. The van der Waals surface area contributed by atoms with Crippen LogP contribution in [-0.2, 0) is 17.1 Å². The Balaban J connectivity index is 1.59. The van der Waals surface area contributed by atoms with E-state index in [4.69, 9.17) is 0 Å². The lowest BCUT2D eigenvalue weighted by Gasteiger charge is -2.29. The Morgan fingerprint density at radius 2 is 1.94 bits per heavy atom. The summed E-state index contributed by atoms with van der Waals surface area (Å²) in [5.74, 6) is 0.0861. The predicted octanol–water partition coefficient (Wildman–Crippen LogP) is 3.58. The lowest BCUT2D eigenvalue weighted by atomic mass is 9.97. The number of hydrogen-bond donors (Lipinski definition) is 1. The predicted molar refractivity (Wildman–Crippen MR) is 130 cm³/mol. The highest BCUT2D eigenvalue weighted by Crippen LogP contribution is 2.25. The van der Waals surface area contributed by atoms with E-state index in [0.717, 1.165) is 32.1 Å². The lowest BCUT2D eigenvalue weighted by Crippen LogP contribution is -2.38. The van der Waals surface area contributed by atoms with Crippen LogP contribution >= 0.6 is 0 Å². The molecular formula is C25H33N3O4S. The van der Waals surface area contributed by atoms with Crippen molar-refractivity contribution in [3.05, 3.63) is 51.8 Å². The van der Waals surface area contributed by atoms with Gasteiger partial charge in [0.2, 0.25) is 15.5 Å². The lowest BCUT2D eigenvalue weighted by molar-refractivity contribution is 0.0952. The van der Waals surface area contributed by atoms with Crippen LogP contribution in [0.5, 0.6) is 0 Å². The Morgan fingerprint density at radius 1 is 1.18 bits per heavy atom. The fourth-order valence-electron chi connectivity index (χ4n) is 4.73. The maximum Gasteiger partial charge on any atom is 0.256 e. The maximum absolute atomic E-state index is 13.2. The van der Waals surface area contributed by atoms with Crippen LogP contribution in [0.3, 0.4) is 0 Å². The third kappa shape index (κ3) is 5.06. The van der Waals surface area contributed by atoms with Crippen molar-refractivity contribution in [2.75, 3.05) is 19.6 Å². The van der Waals surface area contributed by atoms with E-state index in [9.17, 15) is 18.0 Å². The molecule has 178 valence electrons. The molecule has 0 bridgehead atoms. The summed E-state index contributed by atoms with van der Waals surface area (Å²) in [7, 11) is -1.93. The van der Waals surface area contributed by atoms with E-state index in [1.54, 1.807) is 23.7 Å². The largest absolute Gasteiger partial charge is 0.352 e. The molecule has 1 amide bonds. The number of nitrogens with one attached hydrogen (secondary N) is 1. The van der Waals surface area contributed by atoms with E-state index in [2.05, 4.69) is 18.3 Å². The van der Waals surface area contributed by atoms with Crippen molar-refractivity contribution < 1.29 is 13.2 Å². The van der Waals surface area contributed by atoms with E-state index < -0.39 is 21.4 Å². The minimum atomic E-state index is -3.69. The first-order chi connectivity index (χ1) is 15.8. The van der Waals surface area contributed by atoms with Crippen molar-refractivity contribution in [1.29, 1.82) is 0 Å². The number of piperidine rings is 1. The second-order valence-corrected chi connectivity index (χ2v) is 11.3. The smallest absolute Gasteiger partial charge is 0.256 e. The Morgan fingerprint density at radius 3 is 2.64 bits per heavy atom. The van der Waals surface area contributed by atoms with E-state index in [1.165, 1.54) is 35.0 Å². The molecule has 7 nitrogen and oxygen atoms in total. The normalized spacial score (nSPS) is 18.3. The van der Waals surface area contributed by atoms with Gasteiger partial charge in [0.25, 0.3) is 5.91 Å². The molecule has 2 aliphatic rings. The fourth-order valence-corrected chi connectivity index (χ4v) is 6.23. The van der Waals surface area contributed by atoms with Gasteiger partial charge < -0.3 is 9.88 Å². The summed E-state index contributed by atoms with van der Waals surface area (Å²) in [5.41, 5.74) is 1.54. The molecule has 0 saturated carbocycles. The van der Waals surface area contributed by atoms with Gasteiger partial charge in [0.1, 0.15) is 5.56 Å². The number of nitrogens with zero attached hydrogens (tertiary/aromatic N) is 2. The summed E-state index contributed by atoms with van der Waals surface area (Å²) in [4.78, 5) is 26.1. The summed E-state index contributed by atoms with van der Waals surface area (Å²) in [6, 6.07) is 4.62. The number of benzene rings is 1. The highest BCUT2D eigenvalue weighted by molar-refractivity contribution is 7.89. The highest BCUT2D eigenvalue weighted by Gasteiger charge is 2.28. The van der Waals surface area contributed by atoms with Crippen molar-refractivity contribution >= 4 is 26.8 Å². The van der Waals surface area contributed by atoms with E-state index in [-0.39, 0.29) is 15.8 Å². The number of pyridine rings is 1. The number of hydrogen-bond acceptors (Lipinski definition) is 4. The molecule has 1 aromatic heterocycles. The van der Waals surface area contributed by atoms with Crippen LogP contribution in [0.4, 0.5) is 0 Å². The highest BCUT2D eigenvalue weighted by atomic mass is 32.2. The summed E-state index contributed by atoms with van der Waals surface area (Å²) < 4.78 is 29.6. The standard InChI is InChI=1S/C25H33N3O4S/c1-18-11-14-28(15-12-18)33(31,32)20-8-9-23-21(16-20)24(29)22(17-27(23)2)25(30)26-13-10-19-6-4-3-5-7-19/h6,8-9,16-18H,3-5,7,10-15H2,1-2H3,(H,26,30). The number of fused-ring (bicyclic) bond motifs is 1. The molecule has 1 N–H and O–H groups in total. The number of rotatable bonds is 6. The Hall–Kier alpha value is -2.45. The Bertz CT molecular complexity index is 1240. The van der Waals surface area contributed by atoms with Crippen molar-refractivity contribution in [1.82, 2.24) is 14.2 Å². The zero-order valence-corrected chi connectivity index (χ0v) is 20.3. The van der Waals surface area contributed by atoms with Crippen LogP contribution in [-0.4, -0.2) is 42.8 Å². The molecule has 1 aliphatic carbocycles. The van der Waals surface area contributed by atoms with Gasteiger partial charge in [-0.25, -0.2) is 8.42 Å². The van der Waals surface area contributed by atoms with Crippen LogP contribution in [0.1, 0.15) is 62.2 Å². The third-order valence-corrected chi connectivity index (χ3v) is 8.80. The molecule has 0 atom stereocenters. The number of carbonyl (C=O) groups excluding carboxylic acids is 1. The van der Waals surface area contributed by atoms with Gasteiger partial charge in [-0.2, -0.15) is 4.31 Å². The first-order valence-corrected chi connectivity index (χ1v) is 13.3. The monoisotopic (exact) mass is 471 g/mol. The van der Waals surface area contributed by atoms with Gasteiger partial charge in [0.15, 0.2) is 0 Å². The SMILES string of the molecule is CC1CCN(S(=O)(=O)c2ccc3c(c2)c(=O)c(C(=O)NCCC2=CCCCC2)cn3C)CC1. The molecule has 2 aromatic rings. The number of sulfonamides is 1.